The van der Waals surface area contributed by atoms with Gasteiger partial charge in [-0.05, 0) is 30.4 Å². The van der Waals surface area contributed by atoms with Gasteiger partial charge in [-0.1, -0.05) is 6.92 Å². The number of aromatic nitrogens is 1. The van der Waals surface area contributed by atoms with E-state index >= 15 is 0 Å². The van der Waals surface area contributed by atoms with Crippen molar-refractivity contribution >= 4 is 15.7 Å². The molecule has 5 nitrogen and oxygen atoms in total. The Hall–Kier alpha value is -1.14. The topological polar surface area (TPSA) is 85.1 Å². The third kappa shape index (κ3) is 2.33. The molecule has 0 aromatic carbocycles. The Bertz CT molecular complexity index is 495. The Kier molecular flexibility index (Phi) is 2.63. The minimum absolute atomic E-state index is 0.0840. The third-order valence-corrected chi connectivity index (χ3v) is 4.22. The lowest BCUT2D eigenvalue weighted by Crippen LogP contribution is -2.30. The second kappa shape index (κ2) is 3.71. The highest BCUT2D eigenvalue weighted by molar-refractivity contribution is 7.89. The molecule has 0 spiro atoms. The predicted molar refractivity (Wildman–Crippen MR) is 61.2 cm³/mol. The average Bonchev–Trinajstić information content (AvgIpc) is 2.95. The molecule has 1 aromatic heterocycles. The fraction of sp³-hybridized carbons (Fsp3) is 0.500. The average molecular weight is 241 g/mol. The van der Waals surface area contributed by atoms with Crippen LogP contribution < -0.4 is 10.5 Å². The second-order valence-electron chi connectivity index (χ2n) is 4.53. The van der Waals surface area contributed by atoms with Crippen LogP contribution in [0, 0.1) is 5.41 Å². The zero-order chi connectivity index (χ0) is 11.8. The highest BCUT2D eigenvalue weighted by Gasteiger charge is 2.38. The van der Waals surface area contributed by atoms with Gasteiger partial charge >= 0.3 is 0 Å². The summed E-state index contributed by atoms with van der Waals surface area (Å²) in [6.07, 6.45) is 3.55. The van der Waals surface area contributed by atoms with E-state index in [4.69, 9.17) is 5.73 Å². The van der Waals surface area contributed by atoms with E-state index in [0.29, 0.717) is 6.54 Å². The van der Waals surface area contributed by atoms with Crippen LogP contribution in [-0.4, -0.2) is 19.9 Å². The van der Waals surface area contributed by atoms with Crippen LogP contribution in [0.2, 0.25) is 0 Å². The Morgan fingerprint density at radius 2 is 2.25 bits per heavy atom. The van der Waals surface area contributed by atoms with E-state index in [9.17, 15) is 8.42 Å². The lowest BCUT2D eigenvalue weighted by Gasteiger charge is -2.11. The van der Waals surface area contributed by atoms with Crippen molar-refractivity contribution in [3.63, 3.8) is 0 Å². The number of nitrogen functional groups attached to an aromatic ring is 1. The van der Waals surface area contributed by atoms with Crippen LogP contribution in [0.5, 0.6) is 0 Å². The number of hydrogen-bond donors (Lipinski definition) is 2. The highest BCUT2D eigenvalue weighted by Crippen LogP contribution is 2.44. The van der Waals surface area contributed by atoms with Crippen LogP contribution in [0.4, 0.5) is 5.69 Å². The van der Waals surface area contributed by atoms with Gasteiger partial charge in [0.1, 0.15) is 0 Å². The number of anilines is 1. The van der Waals surface area contributed by atoms with E-state index in [2.05, 4.69) is 16.6 Å². The van der Waals surface area contributed by atoms with E-state index in [1.807, 2.05) is 0 Å². The first-order valence-electron chi connectivity index (χ1n) is 5.13. The number of nitrogens with one attached hydrogen (secondary N) is 1. The van der Waals surface area contributed by atoms with Crippen LogP contribution in [0.15, 0.2) is 23.4 Å². The SMILES string of the molecule is CC1(CNS(=O)(=O)c2ncccc2N)CC1. The predicted octanol–water partition coefficient (Wildman–Crippen LogP) is 0.742. The molecule has 1 aliphatic carbocycles. The molecule has 0 atom stereocenters. The monoisotopic (exact) mass is 241 g/mol. The first kappa shape index (κ1) is 11.3. The van der Waals surface area contributed by atoms with Crippen molar-refractivity contribution in [2.75, 3.05) is 12.3 Å². The fourth-order valence-electron chi connectivity index (χ4n) is 1.36. The summed E-state index contributed by atoms with van der Waals surface area (Å²) in [6, 6.07) is 3.14. The lowest BCUT2D eigenvalue weighted by molar-refractivity contribution is 0.529. The van der Waals surface area contributed by atoms with Gasteiger partial charge in [0.2, 0.25) is 0 Å². The van der Waals surface area contributed by atoms with Crippen LogP contribution >= 0.6 is 0 Å². The Balaban J connectivity index is 2.16. The Labute approximate surface area is 95.1 Å². The van der Waals surface area contributed by atoms with E-state index in [0.717, 1.165) is 12.8 Å². The molecule has 0 amide bonds. The second-order valence-corrected chi connectivity index (χ2v) is 6.22. The molecular weight excluding hydrogens is 226 g/mol. The summed E-state index contributed by atoms with van der Waals surface area (Å²) in [5.41, 5.74) is 5.88. The molecule has 6 heteroatoms. The number of hydrogen-bond acceptors (Lipinski definition) is 4. The van der Waals surface area contributed by atoms with Crippen molar-refractivity contribution < 1.29 is 8.42 Å². The van der Waals surface area contributed by atoms with Gasteiger partial charge in [-0.15, -0.1) is 0 Å². The van der Waals surface area contributed by atoms with E-state index in [1.54, 1.807) is 6.07 Å². The summed E-state index contributed by atoms with van der Waals surface area (Å²) in [5.74, 6) is 0. The smallest absolute Gasteiger partial charge is 0.260 e. The van der Waals surface area contributed by atoms with Crippen molar-refractivity contribution in [1.29, 1.82) is 0 Å². The quantitative estimate of drug-likeness (QED) is 0.814. The molecule has 0 aliphatic heterocycles. The van der Waals surface area contributed by atoms with Gasteiger partial charge in [-0.25, -0.2) is 18.1 Å². The summed E-state index contributed by atoms with van der Waals surface area (Å²) >= 11 is 0. The summed E-state index contributed by atoms with van der Waals surface area (Å²) in [6.45, 7) is 2.50. The number of sulfonamides is 1. The zero-order valence-corrected chi connectivity index (χ0v) is 9.92. The summed E-state index contributed by atoms with van der Waals surface area (Å²) in [5, 5.41) is -0.0840. The molecule has 1 saturated carbocycles. The minimum Gasteiger partial charge on any atom is -0.396 e. The molecule has 0 radical (unpaired) electrons. The van der Waals surface area contributed by atoms with Gasteiger partial charge in [0.25, 0.3) is 10.0 Å². The van der Waals surface area contributed by atoms with Crippen molar-refractivity contribution in [3.8, 4) is 0 Å². The zero-order valence-electron chi connectivity index (χ0n) is 9.10. The van der Waals surface area contributed by atoms with Crippen molar-refractivity contribution in [2.24, 2.45) is 5.41 Å². The normalized spacial score (nSPS) is 18.3. The molecular formula is C10H15N3O2S. The molecule has 2 rings (SSSR count). The van der Waals surface area contributed by atoms with Crippen molar-refractivity contribution in [1.82, 2.24) is 9.71 Å². The van der Waals surface area contributed by atoms with Gasteiger partial charge in [0.05, 0.1) is 5.69 Å². The van der Waals surface area contributed by atoms with Gasteiger partial charge in [0, 0.05) is 12.7 Å². The Morgan fingerprint density at radius 1 is 1.56 bits per heavy atom. The van der Waals surface area contributed by atoms with Gasteiger partial charge < -0.3 is 5.73 Å². The van der Waals surface area contributed by atoms with Crippen molar-refractivity contribution in [2.45, 2.75) is 24.8 Å². The molecule has 1 aliphatic rings. The maximum absolute atomic E-state index is 11.9. The summed E-state index contributed by atoms with van der Waals surface area (Å²) in [7, 11) is -3.57. The lowest BCUT2D eigenvalue weighted by atomic mass is 10.2. The fourth-order valence-corrected chi connectivity index (χ4v) is 2.61. The van der Waals surface area contributed by atoms with E-state index in [-0.39, 0.29) is 16.1 Å². The molecule has 0 unspecified atom stereocenters. The molecule has 16 heavy (non-hydrogen) atoms. The van der Waals surface area contributed by atoms with Crippen LogP contribution in [0.25, 0.3) is 0 Å². The van der Waals surface area contributed by atoms with Gasteiger partial charge in [-0.3, -0.25) is 0 Å². The molecule has 0 saturated heterocycles. The number of rotatable bonds is 4. The molecule has 1 aromatic rings. The van der Waals surface area contributed by atoms with Crippen LogP contribution in [0.3, 0.4) is 0 Å². The van der Waals surface area contributed by atoms with Crippen LogP contribution in [0.1, 0.15) is 19.8 Å². The van der Waals surface area contributed by atoms with Gasteiger partial charge in [0.15, 0.2) is 5.03 Å². The van der Waals surface area contributed by atoms with E-state index < -0.39 is 10.0 Å². The highest BCUT2D eigenvalue weighted by atomic mass is 32.2. The van der Waals surface area contributed by atoms with Crippen molar-refractivity contribution in [3.05, 3.63) is 18.3 Å². The molecule has 3 N–H and O–H groups in total. The maximum atomic E-state index is 11.9. The largest absolute Gasteiger partial charge is 0.396 e. The summed E-state index contributed by atoms with van der Waals surface area (Å²) in [4.78, 5) is 3.80. The molecule has 1 fully saturated rings. The number of nitrogens with zero attached hydrogens (tertiary/aromatic N) is 1. The van der Waals surface area contributed by atoms with Crippen LogP contribution in [-0.2, 0) is 10.0 Å². The minimum atomic E-state index is -3.57. The first-order chi connectivity index (χ1) is 7.43. The number of pyridine rings is 1. The molecule has 0 bridgehead atoms. The molecule has 88 valence electrons. The third-order valence-electron chi connectivity index (χ3n) is 2.85. The standard InChI is InChI=1S/C10H15N3O2S/c1-10(4-5-10)7-13-16(14,15)9-8(11)3-2-6-12-9/h2-3,6,13H,4-5,7,11H2,1H3. The molecule has 1 heterocycles. The Morgan fingerprint density at radius 3 is 2.81 bits per heavy atom. The number of nitrogens with two attached hydrogens (primary N) is 1. The van der Waals surface area contributed by atoms with Gasteiger partial charge in [-0.2, -0.15) is 0 Å². The summed E-state index contributed by atoms with van der Waals surface area (Å²) < 4.78 is 26.3. The van der Waals surface area contributed by atoms with E-state index in [1.165, 1.54) is 12.3 Å². The maximum Gasteiger partial charge on any atom is 0.260 e. The first-order valence-corrected chi connectivity index (χ1v) is 6.61.